The molecule has 1 aliphatic rings. The van der Waals surface area contributed by atoms with Crippen molar-refractivity contribution in [3.63, 3.8) is 0 Å². The molecule has 0 bridgehead atoms. The standard InChI is InChI=1S/C27H32ClNO/c1-3-20(4-2)25-16-29-17-26(27(25)22-11-13-24(28)14-12-22)30-18-19-9-10-21-7-5-6-8-23(21)15-19/h5-15,20,25-27,29H,3-4,16-18H2,1-2H3. The van der Waals surface area contributed by atoms with Crippen LogP contribution in [0.25, 0.3) is 10.8 Å². The van der Waals surface area contributed by atoms with Crippen molar-refractivity contribution >= 4 is 22.4 Å². The molecule has 3 aromatic rings. The monoisotopic (exact) mass is 421 g/mol. The summed E-state index contributed by atoms with van der Waals surface area (Å²) >= 11 is 6.19. The topological polar surface area (TPSA) is 21.3 Å². The molecular weight excluding hydrogens is 390 g/mol. The second-order valence-electron chi connectivity index (χ2n) is 8.51. The summed E-state index contributed by atoms with van der Waals surface area (Å²) in [6, 6.07) is 23.6. The van der Waals surface area contributed by atoms with E-state index in [4.69, 9.17) is 16.3 Å². The second kappa shape index (κ2) is 9.96. The lowest BCUT2D eigenvalue weighted by Gasteiger charge is -2.42. The third kappa shape index (κ3) is 4.72. The van der Waals surface area contributed by atoms with Gasteiger partial charge in [-0.2, -0.15) is 0 Å². The fourth-order valence-electron chi connectivity index (χ4n) is 5.12. The lowest BCUT2D eigenvalue weighted by Crippen LogP contribution is -2.49. The van der Waals surface area contributed by atoms with Crippen LogP contribution in [0.3, 0.4) is 0 Å². The molecular formula is C27H32ClNO. The highest BCUT2D eigenvalue weighted by Gasteiger charge is 2.38. The van der Waals surface area contributed by atoms with E-state index in [1.807, 2.05) is 12.1 Å². The smallest absolute Gasteiger partial charge is 0.0775 e. The SMILES string of the molecule is CCC(CC)C1CNCC(OCc2ccc3ccccc3c2)C1c1ccc(Cl)cc1. The van der Waals surface area contributed by atoms with Crippen LogP contribution in [0.15, 0.2) is 66.7 Å². The second-order valence-corrected chi connectivity index (χ2v) is 8.94. The first-order chi connectivity index (χ1) is 14.7. The molecule has 1 aliphatic heterocycles. The van der Waals surface area contributed by atoms with Gasteiger partial charge in [-0.15, -0.1) is 0 Å². The Kier molecular flexibility index (Phi) is 7.09. The van der Waals surface area contributed by atoms with Crippen LogP contribution in [-0.4, -0.2) is 19.2 Å². The molecule has 1 fully saturated rings. The molecule has 1 N–H and O–H groups in total. The molecule has 4 rings (SSSR count). The van der Waals surface area contributed by atoms with Gasteiger partial charge in [0, 0.05) is 17.5 Å². The average Bonchev–Trinajstić information content (AvgIpc) is 2.79. The summed E-state index contributed by atoms with van der Waals surface area (Å²) in [7, 11) is 0. The number of ether oxygens (including phenoxy) is 1. The van der Waals surface area contributed by atoms with E-state index in [9.17, 15) is 0 Å². The Morgan fingerprint density at radius 1 is 0.933 bits per heavy atom. The van der Waals surface area contributed by atoms with E-state index >= 15 is 0 Å². The minimum absolute atomic E-state index is 0.150. The Labute approximate surface area is 185 Å². The Morgan fingerprint density at radius 3 is 2.40 bits per heavy atom. The molecule has 3 atom stereocenters. The summed E-state index contributed by atoms with van der Waals surface area (Å²) in [6.07, 6.45) is 2.55. The van der Waals surface area contributed by atoms with Crippen molar-refractivity contribution in [2.75, 3.05) is 13.1 Å². The largest absolute Gasteiger partial charge is 0.372 e. The van der Waals surface area contributed by atoms with Crippen molar-refractivity contribution in [1.82, 2.24) is 5.32 Å². The van der Waals surface area contributed by atoms with E-state index in [0.717, 1.165) is 18.1 Å². The number of piperidine rings is 1. The van der Waals surface area contributed by atoms with Crippen LogP contribution in [0.4, 0.5) is 0 Å². The lowest BCUT2D eigenvalue weighted by molar-refractivity contribution is -0.0168. The summed E-state index contributed by atoms with van der Waals surface area (Å²) < 4.78 is 6.59. The van der Waals surface area contributed by atoms with Gasteiger partial charge in [0.1, 0.15) is 0 Å². The van der Waals surface area contributed by atoms with Crippen LogP contribution < -0.4 is 5.32 Å². The summed E-state index contributed by atoms with van der Waals surface area (Å²) in [5.74, 6) is 1.63. The van der Waals surface area contributed by atoms with Gasteiger partial charge in [0.05, 0.1) is 12.7 Å². The fourth-order valence-corrected chi connectivity index (χ4v) is 5.24. The molecule has 3 heteroatoms. The first kappa shape index (κ1) is 21.4. The van der Waals surface area contributed by atoms with Crippen molar-refractivity contribution in [2.24, 2.45) is 11.8 Å². The van der Waals surface area contributed by atoms with E-state index < -0.39 is 0 Å². The third-order valence-corrected chi connectivity index (χ3v) is 7.03. The van der Waals surface area contributed by atoms with Gasteiger partial charge in [0.2, 0.25) is 0 Å². The normalized spacial score (nSPS) is 21.9. The van der Waals surface area contributed by atoms with Crippen molar-refractivity contribution in [3.8, 4) is 0 Å². The zero-order valence-electron chi connectivity index (χ0n) is 18.0. The Hall–Kier alpha value is -1.87. The molecule has 0 aliphatic carbocycles. The van der Waals surface area contributed by atoms with Crippen LogP contribution in [-0.2, 0) is 11.3 Å². The number of halogens is 1. The third-order valence-electron chi connectivity index (χ3n) is 6.77. The predicted octanol–water partition coefficient (Wildman–Crippen LogP) is 6.82. The zero-order valence-corrected chi connectivity index (χ0v) is 18.7. The van der Waals surface area contributed by atoms with Crippen LogP contribution >= 0.6 is 11.6 Å². The predicted molar refractivity (Wildman–Crippen MR) is 127 cm³/mol. The number of hydrogen-bond acceptors (Lipinski definition) is 2. The van der Waals surface area contributed by atoms with Crippen molar-refractivity contribution in [3.05, 3.63) is 82.9 Å². The zero-order chi connectivity index (χ0) is 20.9. The van der Waals surface area contributed by atoms with Crippen molar-refractivity contribution in [1.29, 1.82) is 0 Å². The molecule has 0 amide bonds. The molecule has 158 valence electrons. The minimum atomic E-state index is 0.150. The Bertz CT molecular complexity index is 950. The number of nitrogens with one attached hydrogen (secondary N) is 1. The lowest BCUT2D eigenvalue weighted by atomic mass is 9.71. The van der Waals surface area contributed by atoms with E-state index in [1.54, 1.807) is 0 Å². The summed E-state index contributed by atoms with van der Waals surface area (Å²) in [5.41, 5.74) is 2.58. The molecule has 1 heterocycles. The van der Waals surface area contributed by atoms with Crippen molar-refractivity contribution < 1.29 is 4.74 Å². The number of benzene rings is 3. The Morgan fingerprint density at radius 2 is 1.67 bits per heavy atom. The average molecular weight is 422 g/mol. The molecule has 0 spiro atoms. The van der Waals surface area contributed by atoms with Crippen LogP contribution in [0.2, 0.25) is 5.02 Å². The quantitative estimate of drug-likeness (QED) is 0.452. The van der Waals surface area contributed by atoms with Gasteiger partial charge >= 0.3 is 0 Å². The molecule has 2 nitrogen and oxygen atoms in total. The molecule has 3 aromatic carbocycles. The van der Waals surface area contributed by atoms with Gasteiger partial charge in [0.15, 0.2) is 0 Å². The molecule has 0 aromatic heterocycles. The first-order valence-corrected chi connectivity index (χ1v) is 11.6. The van der Waals surface area contributed by atoms with Gasteiger partial charge in [-0.25, -0.2) is 0 Å². The van der Waals surface area contributed by atoms with Gasteiger partial charge in [-0.3, -0.25) is 0 Å². The highest BCUT2D eigenvalue weighted by Crippen LogP contribution is 2.39. The summed E-state index contributed by atoms with van der Waals surface area (Å²) in [6.45, 7) is 7.20. The van der Waals surface area contributed by atoms with Gasteiger partial charge in [-0.1, -0.05) is 86.8 Å². The van der Waals surface area contributed by atoms with E-state index in [1.165, 1.54) is 34.7 Å². The highest BCUT2D eigenvalue weighted by molar-refractivity contribution is 6.30. The fraction of sp³-hybridized carbons (Fsp3) is 0.407. The van der Waals surface area contributed by atoms with E-state index in [2.05, 4.69) is 73.8 Å². The molecule has 1 saturated heterocycles. The van der Waals surface area contributed by atoms with E-state index in [0.29, 0.717) is 24.4 Å². The van der Waals surface area contributed by atoms with Gasteiger partial charge < -0.3 is 10.1 Å². The highest BCUT2D eigenvalue weighted by atomic mass is 35.5. The van der Waals surface area contributed by atoms with Crippen LogP contribution in [0.5, 0.6) is 0 Å². The summed E-state index contributed by atoms with van der Waals surface area (Å²) in [4.78, 5) is 0. The van der Waals surface area contributed by atoms with Crippen LogP contribution in [0.1, 0.15) is 43.7 Å². The molecule has 3 unspecified atom stereocenters. The molecule has 30 heavy (non-hydrogen) atoms. The van der Waals surface area contributed by atoms with Gasteiger partial charge in [-0.05, 0) is 58.5 Å². The van der Waals surface area contributed by atoms with Crippen LogP contribution in [0, 0.1) is 11.8 Å². The number of fused-ring (bicyclic) bond motifs is 1. The molecule has 0 radical (unpaired) electrons. The number of rotatable bonds is 7. The van der Waals surface area contributed by atoms with Gasteiger partial charge in [0.25, 0.3) is 0 Å². The van der Waals surface area contributed by atoms with E-state index in [-0.39, 0.29) is 6.10 Å². The minimum Gasteiger partial charge on any atom is -0.372 e. The van der Waals surface area contributed by atoms with Crippen molar-refractivity contribution in [2.45, 2.75) is 45.3 Å². The first-order valence-electron chi connectivity index (χ1n) is 11.2. The maximum absolute atomic E-state index is 6.59. The Balaban J connectivity index is 1.57. The maximum atomic E-state index is 6.59. The number of hydrogen-bond donors (Lipinski definition) is 1. The molecule has 0 saturated carbocycles. The maximum Gasteiger partial charge on any atom is 0.0775 e. The summed E-state index contributed by atoms with van der Waals surface area (Å²) in [5, 5.41) is 6.99.